The van der Waals surface area contributed by atoms with Crippen molar-refractivity contribution in [2.75, 3.05) is 5.32 Å². The fraction of sp³-hybridized carbons (Fsp3) is 0.238. The third kappa shape index (κ3) is 4.67. The van der Waals surface area contributed by atoms with Gasteiger partial charge in [-0.3, -0.25) is 14.3 Å². The molecule has 0 aliphatic heterocycles. The van der Waals surface area contributed by atoms with E-state index in [1.165, 1.54) is 17.3 Å². The van der Waals surface area contributed by atoms with Crippen molar-refractivity contribution >= 4 is 23.4 Å². The number of carbonyl (C=O) groups is 1. The molecule has 3 aromatic rings. The van der Waals surface area contributed by atoms with E-state index in [1.807, 2.05) is 47.9 Å². The molecule has 28 heavy (non-hydrogen) atoms. The Morgan fingerprint density at radius 3 is 2.57 bits per heavy atom. The van der Waals surface area contributed by atoms with Gasteiger partial charge < -0.3 is 5.32 Å². The molecular weight excluding hydrogens is 370 g/mol. The van der Waals surface area contributed by atoms with Gasteiger partial charge in [-0.25, -0.2) is 0 Å². The average molecular weight is 394 g/mol. The van der Waals surface area contributed by atoms with Crippen molar-refractivity contribution < 1.29 is 4.79 Å². The number of hydrogen-bond acceptors (Lipinski definition) is 5. The Labute approximate surface area is 169 Å². The van der Waals surface area contributed by atoms with E-state index in [4.69, 9.17) is 0 Å². The van der Waals surface area contributed by atoms with E-state index in [0.717, 1.165) is 23.5 Å². The standard InChI is InChI=1S/C21H23N5OS/c1-4-14-26-19(17-10-12-22-13-11-17)24-25-21(26)28-15(3)20(27)23-18-8-6-16(5-2)7-9-18/h4,6-13,15H,1,5,14H2,2-3H3,(H,23,27)/t15-/m0/s1. The summed E-state index contributed by atoms with van der Waals surface area (Å²) in [7, 11) is 0. The third-order valence-electron chi connectivity index (χ3n) is 4.25. The average Bonchev–Trinajstić information content (AvgIpc) is 3.11. The molecule has 1 aromatic carbocycles. The van der Waals surface area contributed by atoms with E-state index < -0.39 is 0 Å². The molecule has 7 heteroatoms. The minimum atomic E-state index is -0.330. The van der Waals surface area contributed by atoms with Gasteiger partial charge in [-0.1, -0.05) is 36.9 Å². The zero-order valence-corrected chi connectivity index (χ0v) is 16.8. The molecule has 6 nitrogen and oxygen atoms in total. The number of hydrogen-bond donors (Lipinski definition) is 1. The van der Waals surface area contributed by atoms with Gasteiger partial charge in [0.1, 0.15) is 0 Å². The van der Waals surface area contributed by atoms with Crippen molar-refractivity contribution in [1.82, 2.24) is 19.7 Å². The number of pyridine rings is 1. The summed E-state index contributed by atoms with van der Waals surface area (Å²) >= 11 is 1.37. The highest BCUT2D eigenvalue weighted by atomic mass is 32.2. The van der Waals surface area contributed by atoms with Crippen molar-refractivity contribution in [3.05, 3.63) is 67.0 Å². The lowest BCUT2D eigenvalue weighted by molar-refractivity contribution is -0.115. The summed E-state index contributed by atoms with van der Waals surface area (Å²) in [6.07, 6.45) is 6.20. The van der Waals surface area contributed by atoms with E-state index >= 15 is 0 Å². The van der Waals surface area contributed by atoms with E-state index in [2.05, 4.69) is 34.0 Å². The number of allylic oxidation sites excluding steroid dienone is 1. The lowest BCUT2D eigenvalue weighted by Crippen LogP contribution is -2.23. The molecule has 2 heterocycles. The van der Waals surface area contributed by atoms with Crippen LogP contribution in [0.1, 0.15) is 19.4 Å². The van der Waals surface area contributed by atoms with Crippen LogP contribution in [0.25, 0.3) is 11.4 Å². The second-order valence-electron chi connectivity index (χ2n) is 6.24. The van der Waals surface area contributed by atoms with Crippen LogP contribution in [-0.4, -0.2) is 30.9 Å². The number of thioether (sulfide) groups is 1. The molecule has 0 radical (unpaired) electrons. The van der Waals surface area contributed by atoms with Gasteiger partial charge in [0.25, 0.3) is 0 Å². The summed E-state index contributed by atoms with van der Waals surface area (Å²) in [6.45, 7) is 8.34. The Morgan fingerprint density at radius 1 is 1.21 bits per heavy atom. The van der Waals surface area contributed by atoms with E-state index in [0.29, 0.717) is 11.7 Å². The number of rotatable bonds is 8. The van der Waals surface area contributed by atoms with E-state index in [-0.39, 0.29) is 11.2 Å². The summed E-state index contributed by atoms with van der Waals surface area (Å²) in [5, 5.41) is 11.9. The molecule has 3 rings (SSSR count). The first-order valence-electron chi connectivity index (χ1n) is 9.13. The number of nitrogens with one attached hydrogen (secondary N) is 1. The Hall–Kier alpha value is -2.93. The topological polar surface area (TPSA) is 72.7 Å². The van der Waals surface area contributed by atoms with Gasteiger partial charge >= 0.3 is 0 Å². The summed E-state index contributed by atoms with van der Waals surface area (Å²) in [5.41, 5.74) is 2.95. The fourth-order valence-electron chi connectivity index (χ4n) is 2.66. The van der Waals surface area contributed by atoms with Crippen molar-refractivity contribution in [2.45, 2.75) is 37.2 Å². The molecule has 0 bridgehead atoms. The van der Waals surface area contributed by atoms with Crippen LogP contribution in [0.3, 0.4) is 0 Å². The van der Waals surface area contributed by atoms with Crippen molar-refractivity contribution in [1.29, 1.82) is 0 Å². The normalized spacial score (nSPS) is 11.8. The quantitative estimate of drug-likeness (QED) is 0.458. The van der Waals surface area contributed by atoms with Crippen LogP contribution in [0.2, 0.25) is 0 Å². The van der Waals surface area contributed by atoms with E-state index in [9.17, 15) is 4.79 Å². The van der Waals surface area contributed by atoms with Crippen LogP contribution in [0, 0.1) is 0 Å². The molecule has 0 aliphatic carbocycles. The number of aryl methyl sites for hydroxylation is 1. The zero-order chi connectivity index (χ0) is 19.9. The van der Waals surface area contributed by atoms with Crippen LogP contribution in [0.4, 0.5) is 5.69 Å². The second-order valence-corrected chi connectivity index (χ2v) is 7.55. The number of amides is 1. The van der Waals surface area contributed by atoms with Gasteiger partial charge in [0, 0.05) is 30.2 Å². The zero-order valence-electron chi connectivity index (χ0n) is 16.0. The number of nitrogens with zero attached hydrogens (tertiary/aromatic N) is 4. The van der Waals surface area contributed by atoms with Gasteiger partial charge in [-0.05, 0) is 43.2 Å². The maximum atomic E-state index is 12.6. The van der Waals surface area contributed by atoms with Crippen LogP contribution >= 0.6 is 11.8 Å². The molecule has 0 spiro atoms. The van der Waals surface area contributed by atoms with Crippen molar-refractivity contribution in [3.63, 3.8) is 0 Å². The highest BCUT2D eigenvalue weighted by Crippen LogP contribution is 2.27. The number of anilines is 1. The molecule has 0 unspecified atom stereocenters. The summed E-state index contributed by atoms with van der Waals surface area (Å²) in [5.74, 6) is 0.653. The second kappa shape index (κ2) is 9.32. The lowest BCUT2D eigenvalue weighted by atomic mass is 10.1. The molecule has 1 N–H and O–H groups in total. The Morgan fingerprint density at radius 2 is 1.93 bits per heavy atom. The predicted octanol–water partition coefficient (Wildman–Crippen LogP) is 4.21. The van der Waals surface area contributed by atoms with Gasteiger partial charge in [0.15, 0.2) is 11.0 Å². The van der Waals surface area contributed by atoms with Gasteiger partial charge in [-0.2, -0.15) is 0 Å². The summed E-state index contributed by atoms with van der Waals surface area (Å²) < 4.78 is 1.95. The van der Waals surface area contributed by atoms with Crippen LogP contribution in [0.5, 0.6) is 0 Å². The molecule has 1 atom stereocenters. The van der Waals surface area contributed by atoms with Gasteiger partial charge in [0.05, 0.1) is 5.25 Å². The third-order valence-corrected chi connectivity index (χ3v) is 5.33. The monoisotopic (exact) mass is 393 g/mol. The predicted molar refractivity (Wildman–Crippen MR) is 113 cm³/mol. The van der Waals surface area contributed by atoms with Crippen LogP contribution < -0.4 is 5.32 Å². The number of benzene rings is 1. The first-order valence-corrected chi connectivity index (χ1v) is 10.0. The summed E-state index contributed by atoms with van der Waals surface area (Å²) in [4.78, 5) is 16.6. The Balaban J connectivity index is 1.73. The first kappa shape index (κ1) is 19.8. The lowest BCUT2D eigenvalue weighted by Gasteiger charge is -2.13. The van der Waals surface area contributed by atoms with E-state index in [1.54, 1.807) is 18.5 Å². The molecule has 0 saturated heterocycles. The molecule has 0 fully saturated rings. The highest BCUT2D eigenvalue weighted by Gasteiger charge is 2.20. The van der Waals surface area contributed by atoms with Crippen molar-refractivity contribution in [2.24, 2.45) is 0 Å². The summed E-state index contributed by atoms with van der Waals surface area (Å²) in [6, 6.07) is 11.7. The van der Waals surface area contributed by atoms with Crippen LogP contribution in [0.15, 0.2) is 66.6 Å². The highest BCUT2D eigenvalue weighted by molar-refractivity contribution is 8.00. The Bertz CT molecular complexity index is 937. The number of carbonyl (C=O) groups excluding carboxylic acids is 1. The largest absolute Gasteiger partial charge is 0.325 e. The maximum Gasteiger partial charge on any atom is 0.237 e. The van der Waals surface area contributed by atoms with Crippen molar-refractivity contribution in [3.8, 4) is 11.4 Å². The molecule has 144 valence electrons. The van der Waals surface area contributed by atoms with Gasteiger partial charge in [0.2, 0.25) is 5.91 Å². The molecule has 0 saturated carbocycles. The van der Waals surface area contributed by atoms with Crippen LogP contribution in [-0.2, 0) is 17.8 Å². The smallest absolute Gasteiger partial charge is 0.237 e. The minimum Gasteiger partial charge on any atom is -0.325 e. The molecule has 1 amide bonds. The SMILES string of the molecule is C=CCn1c(S[C@@H](C)C(=O)Nc2ccc(CC)cc2)nnc1-c1ccncc1. The molecule has 2 aromatic heterocycles. The maximum absolute atomic E-state index is 12.6. The first-order chi connectivity index (χ1) is 13.6. The molecule has 0 aliphatic rings. The number of aromatic nitrogens is 4. The van der Waals surface area contributed by atoms with Gasteiger partial charge in [-0.15, -0.1) is 16.8 Å². The fourth-order valence-corrected chi connectivity index (χ4v) is 3.52. The minimum absolute atomic E-state index is 0.0761. The molecular formula is C21H23N5OS. The Kier molecular flexibility index (Phi) is 6.60.